The Bertz CT molecular complexity index is 1070. The molecule has 1 aliphatic rings. The van der Waals surface area contributed by atoms with E-state index >= 15 is 0 Å². The number of benzene rings is 2. The predicted molar refractivity (Wildman–Crippen MR) is 111 cm³/mol. The third kappa shape index (κ3) is 3.73. The third-order valence-corrected chi connectivity index (χ3v) is 4.93. The Morgan fingerprint density at radius 3 is 2.66 bits per heavy atom. The van der Waals surface area contributed by atoms with Crippen molar-refractivity contribution in [1.29, 1.82) is 0 Å². The standard InChI is InChI=1S/C21H19ClFN5O/c1-12(2)19(29)25-20-26-21-24-16(13-7-4-3-5-8-13)11-17(28(21)27-20)18-14(22)9-6-10-15(18)23/h3-12,17H,1-2H3,(H2,24,25,26,27,29)/t17-/m0/s1. The lowest BCUT2D eigenvalue weighted by atomic mass is 10.0. The lowest BCUT2D eigenvalue weighted by Crippen LogP contribution is -2.21. The zero-order valence-corrected chi connectivity index (χ0v) is 16.6. The van der Waals surface area contributed by atoms with Crippen LogP contribution in [0.3, 0.4) is 0 Å². The van der Waals surface area contributed by atoms with Crippen LogP contribution in [0.25, 0.3) is 5.70 Å². The second kappa shape index (κ2) is 7.67. The SMILES string of the molecule is CC(C)C(=O)Nc1nc2n(n1)[C@H](c1c(F)cccc1Cl)C=C(c1ccccc1)N2. The van der Waals surface area contributed by atoms with Crippen LogP contribution in [-0.2, 0) is 4.79 Å². The van der Waals surface area contributed by atoms with Crippen molar-refractivity contribution in [2.45, 2.75) is 19.9 Å². The number of fused-ring (bicyclic) bond motifs is 1. The van der Waals surface area contributed by atoms with Crippen molar-refractivity contribution in [3.05, 3.63) is 76.6 Å². The number of carbonyl (C=O) groups is 1. The first-order valence-electron chi connectivity index (χ1n) is 9.19. The summed E-state index contributed by atoms with van der Waals surface area (Å²) in [4.78, 5) is 16.4. The number of rotatable bonds is 4. The quantitative estimate of drug-likeness (QED) is 0.651. The first kappa shape index (κ1) is 19.1. The van der Waals surface area contributed by atoms with Crippen molar-refractivity contribution < 1.29 is 9.18 Å². The summed E-state index contributed by atoms with van der Waals surface area (Å²) < 4.78 is 16.2. The number of carbonyl (C=O) groups excluding carboxylic acids is 1. The summed E-state index contributed by atoms with van der Waals surface area (Å²) >= 11 is 6.33. The van der Waals surface area contributed by atoms with E-state index in [9.17, 15) is 9.18 Å². The number of anilines is 2. The molecule has 4 rings (SSSR count). The maximum absolute atomic E-state index is 14.7. The molecule has 6 nitrogen and oxygen atoms in total. The minimum Gasteiger partial charge on any atom is -0.324 e. The molecule has 3 aromatic rings. The van der Waals surface area contributed by atoms with Gasteiger partial charge in [-0.1, -0.05) is 61.8 Å². The van der Waals surface area contributed by atoms with Gasteiger partial charge < -0.3 is 5.32 Å². The second-order valence-electron chi connectivity index (χ2n) is 7.00. The van der Waals surface area contributed by atoms with Gasteiger partial charge in [0.25, 0.3) is 5.95 Å². The molecule has 1 amide bonds. The third-order valence-electron chi connectivity index (χ3n) is 4.61. The Morgan fingerprint density at radius 1 is 1.21 bits per heavy atom. The average Bonchev–Trinajstić information content (AvgIpc) is 3.10. The number of allylic oxidation sites excluding steroid dienone is 1. The Labute approximate surface area is 172 Å². The van der Waals surface area contributed by atoms with Crippen LogP contribution in [0.5, 0.6) is 0 Å². The van der Waals surface area contributed by atoms with Gasteiger partial charge in [0, 0.05) is 22.2 Å². The molecular formula is C21H19ClFN5O. The number of halogens is 2. The van der Waals surface area contributed by atoms with Crippen LogP contribution in [0.2, 0.25) is 5.02 Å². The molecule has 29 heavy (non-hydrogen) atoms. The van der Waals surface area contributed by atoms with Gasteiger partial charge in [0.05, 0.1) is 0 Å². The van der Waals surface area contributed by atoms with Crippen molar-refractivity contribution in [1.82, 2.24) is 14.8 Å². The summed E-state index contributed by atoms with van der Waals surface area (Å²) in [6.07, 6.45) is 1.84. The van der Waals surface area contributed by atoms with Crippen molar-refractivity contribution in [2.24, 2.45) is 5.92 Å². The van der Waals surface area contributed by atoms with E-state index < -0.39 is 11.9 Å². The smallest absolute Gasteiger partial charge is 0.250 e. The fraction of sp³-hybridized carbons (Fsp3) is 0.190. The minimum atomic E-state index is -0.632. The molecule has 0 saturated heterocycles. The molecule has 1 aliphatic heterocycles. The molecule has 0 spiro atoms. The second-order valence-corrected chi connectivity index (χ2v) is 7.41. The number of hydrogen-bond acceptors (Lipinski definition) is 4. The first-order valence-corrected chi connectivity index (χ1v) is 9.57. The largest absolute Gasteiger partial charge is 0.324 e. The highest BCUT2D eigenvalue weighted by atomic mass is 35.5. The van der Waals surface area contributed by atoms with E-state index in [0.717, 1.165) is 11.3 Å². The lowest BCUT2D eigenvalue weighted by molar-refractivity contribution is -0.118. The van der Waals surface area contributed by atoms with E-state index in [1.165, 1.54) is 10.7 Å². The maximum atomic E-state index is 14.7. The number of amides is 1. The molecular weight excluding hydrogens is 393 g/mol. The fourth-order valence-corrected chi connectivity index (χ4v) is 3.36. The Balaban J connectivity index is 1.82. The highest BCUT2D eigenvalue weighted by Crippen LogP contribution is 2.37. The van der Waals surface area contributed by atoms with Gasteiger partial charge in [-0.05, 0) is 23.8 Å². The summed E-state index contributed by atoms with van der Waals surface area (Å²) in [6, 6.07) is 13.5. The molecule has 8 heteroatoms. The highest BCUT2D eigenvalue weighted by molar-refractivity contribution is 6.31. The highest BCUT2D eigenvalue weighted by Gasteiger charge is 2.29. The molecule has 0 saturated carbocycles. The average molecular weight is 412 g/mol. The predicted octanol–water partition coefficient (Wildman–Crippen LogP) is 4.72. The number of aromatic nitrogens is 3. The molecule has 2 aromatic carbocycles. The minimum absolute atomic E-state index is 0.145. The molecule has 2 heterocycles. The molecule has 1 atom stereocenters. The van der Waals surface area contributed by atoms with Crippen LogP contribution in [0.4, 0.5) is 16.3 Å². The molecule has 0 radical (unpaired) electrons. The summed E-state index contributed by atoms with van der Waals surface area (Å²) in [5, 5.41) is 10.6. The van der Waals surface area contributed by atoms with Gasteiger partial charge in [-0.2, -0.15) is 4.98 Å². The fourth-order valence-electron chi connectivity index (χ4n) is 3.09. The van der Waals surface area contributed by atoms with Crippen LogP contribution in [0.15, 0.2) is 54.6 Å². The van der Waals surface area contributed by atoms with E-state index in [0.29, 0.717) is 5.95 Å². The topological polar surface area (TPSA) is 71.8 Å². The summed E-state index contributed by atoms with van der Waals surface area (Å²) in [5.41, 5.74) is 1.94. The summed E-state index contributed by atoms with van der Waals surface area (Å²) in [7, 11) is 0. The Kier molecular flexibility index (Phi) is 5.07. The van der Waals surface area contributed by atoms with E-state index in [-0.39, 0.29) is 28.4 Å². The van der Waals surface area contributed by atoms with E-state index in [1.54, 1.807) is 26.0 Å². The van der Waals surface area contributed by atoms with Gasteiger partial charge in [-0.15, -0.1) is 5.10 Å². The van der Waals surface area contributed by atoms with Gasteiger partial charge in [-0.3, -0.25) is 10.1 Å². The summed E-state index contributed by atoms with van der Waals surface area (Å²) in [5.74, 6) is -0.341. The van der Waals surface area contributed by atoms with Crippen LogP contribution in [0.1, 0.15) is 31.0 Å². The molecule has 2 N–H and O–H groups in total. The van der Waals surface area contributed by atoms with E-state index in [4.69, 9.17) is 11.6 Å². The van der Waals surface area contributed by atoms with Crippen LogP contribution >= 0.6 is 11.6 Å². The van der Waals surface area contributed by atoms with Crippen LogP contribution in [0, 0.1) is 11.7 Å². The van der Waals surface area contributed by atoms with Crippen molar-refractivity contribution in [2.75, 3.05) is 10.6 Å². The molecule has 0 fully saturated rings. The van der Waals surface area contributed by atoms with Gasteiger partial charge in [0.2, 0.25) is 11.9 Å². The number of hydrogen-bond donors (Lipinski definition) is 2. The lowest BCUT2D eigenvalue weighted by Gasteiger charge is -2.25. The monoisotopic (exact) mass is 411 g/mol. The zero-order chi connectivity index (χ0) is 20.5. The summed E-state index contributed by atoms with van der Waals surface area (Å²) in [6.45, 7) is 3.56. The van der Waals surface area contributed by atoms with E-state index in [2.05, 4.69) is 20.7 Å². The maximum Gasteiger partial charge on any atom is 0.250 e. The molecule has 0 aliphatic carbocycles. The van der Waals surface area contributed by atoms with Crippen molar-refractivity contribution >= 4 is 35.1 Å². The molecule has 1 aromatic heterocycles. The molecule has 148 valence electrons. The van der Waals surface area contributed by atoms with Gasteiger partial charge in [-0.25, -0.2) is 9.07 Å². The van der Waals surface area contributed by atoms with Crippen molar-refractivity contribution in [3.63, 3.8) is 0 Å². The van der Waals surface area contributed by atoms with Gasteiger partial charge in [0.1, 0.15) is 11.9 Å². The van der Waals surface area contributed by atoms with Crippen LogP contribution in [-0.4, -0.2) is 20.7 Å². The normalized spacial score (nSPS) is 15.5. The Hall–Kier alpha value is -3.19. The Morgan fingerprint density at radius 2 is 1.97 bits per heavy atom. The van der Waals surface area contributed by atoms with E-state index in [1.807, 2.05) is 36.4 Å². The molecule has 0 unspecified atom stereocenters. The number of nitrogens with zero attached hydrogens (tertiary/aromatic N) is 3. The first-order chi connectivity index (χ1) is 13.9. The van der Waals surface area contributed by atoms with Gasteiger partial charge >= 0.3 is 0 Å². The zero-order valence-electron chi connectivity index (χ0n) is 15.9. The number of nitrogens with one attached hydrogen (secondary N) is 2. The van der Waals surface area contributed by atoms with Crippen LogP contribution < -0.4 is 10.6 Å². The van der Waals surface area contributed by atoms with Crippen molar-refractivity contribution in [3.8, 4) is 0 Å². The molecule has 0 bridgehead atoms. The van der Waals surface area contributed by atoms with Gasteiger partial charge in [0.15, 0.2) is 0 Å².